The Morgan fingerprint density at radius 1 is 1.19 bits per heavy atom. The lowest BCUT2D eigenvalue weighted by Crippen LogP contribution is -2.56. The average Bonchev–Trinajstić information content (AvgIpc) is 3.27. The third-order valence-electron chi connectivity index (χ3n) is 5.30. The van der Waals surface area contributed by atoms with Crippen LogP contribution in [0.4, 0.5) is 0 Å². The fourth-order valence-corrected chi connectivity index (χ4v) is 3.62. The maximum atomic E-state index is 13.0. The molecule has 174 valence electrons. The topological polar surface area (TPSA) is 159 Å². The number of nitrogens with one attached hydrogen (secondary N) is 2. The van der Waals surface area contributed by atoms with Gasteiger partial charge in [0.05, 0.1) is 0 Å². The lowest BCUT2D eigenvalue weighted by Gasteiger charge is -2.27. The molecule has 1 aromatic rings. The van der Waals surface area contributed by atoms with Gasteiger partial charge in [-0.2, -0.15) is 0 Å². The number of carboxylic acids is 1. The lowest BCUT2D eigenvalue weighted by atomic mass is 10.0. The fraction of sp³-hybridized carbons (Fsp3) is 0.500. The first-order chi connectivity index (χ1) is 15.7. The van der Waals surface area contributed by atoms with Gasteiger partial charge in [-0.05, 0) is 24.8 Å². The van der Waals surface area contributed by atoms with Crippen LogP contribution in [-0.2, 0) is 30.4 Å². The molecule has 1 fully saturated rings. The molecule has 3 atom stereocenters. The van der Waals surface area contributed by atoms with Crippen molar-refractivity contribution >= 4 is 29.6 Å². The molecule has 10 heteroatoms. The van der Waals surface area contributed by atoms with Gasteiger partial charge in [-0.3, -0.25) is 19.2 Å². The Morgan fingerprint density at radius 2 is 1.91 bits per heavy atom. The van der Waals surface area contributed by atoms with E-state index in [1.165, 1.54) is 4.90 Å². The van der Waals surface area contributed by atoms with Crippen LogP contribution in [0.15, 0.2) is 30.3 Å². The Hall–Kier alpha value is -3.43. The summed E-state index contributed by atoms with van der Waals surface area (Å²) in [4.78, 5) is 62.2. The van der Waals surface area contributed by atoms with Gasteiger partial charge in [0, 0.05) is 27.2 Å². The van der Waals surface area contributed by atoms with Gasteiger partial charge in [0.1, 0.15) is 18.1 Å². The van der Waals surface area contributed by atoms with Gasteiger partial charge in [-0.1, -0.05) is 37.2 Å². The molecule has 0 radical (unpaired) electrons. The molecule has 32 heavy (non-hydrogen) atoms. The third-order valence-corrected chi connectivity index (χ3v) is 5.30. The van der Waals surface area contributed by atoms with E-state index in [0.29, 0.717) is 19.4 Å². The molecular formula is C22H30N4O6. The third kappa shape index (κ3) is 7.07. The summed E-state index contributed by atoms with van der Waals surface area (Å²) in [5, 5.41) is 14.4. The van der Waals surface area contributed by atoms with E-state index in [-0.39, 0.29) is 38.5 Å². The number of carbonyl (C=O) groups is 5. The summed E-state index contributed by atoms with van der Waals surface area (Å²) in [5.41, 5.74) is 5.83. The van der Waals surface area contributed by atoms with Gasteiger partial charge in [0.25, 0.3) is 0 Å². The molecule has 0 aliphatic carbocycles. The largest absolute Gasteiger partial charge is 0.480 e. The lowest BCUT2D eigenvalue weighted by molar-refractivity contribution is -0.143. The molecule has 0 aromatic heterocycles. The van der Waals surface area contributed by atoms with Crippen LogP contribution in [0, 0.1) is 0 Å². The predicted octanol–water partition coefficient (Wildman–Crippen LogP) is -0.0502. The average molecular weight is 448 g/mol. The van der Waals surface area contributed by atoms with Crippen LogP contribution in [0.1, 0.15) is 45.9 Å². The number of carboxylic acid groups (broad SMARTS) is 1. The van der Waals surface area contributed by atoms with Crippen LogP contribution in [-0.4, -0.2) is 64.3 Å². The molecular weight excluding hydrogens is 416 g/mol. The SMILES string of the molecule is [2H]CCC(=O)N1CCC[C@H]1C(=O)N[C@@H](Cc1ccccc1)C(=O)N[C@@H](CCC(N)=O)C(=O)O. The first kappa shape index (κ1) is 23.2. The van der Waals surface area contributed by atoms with Crippen LogP contribution < -0.4 is 16.4 Å². The highest BCUT2D eigenvalue weighted by Crippen LogP contribution is 2.19. The number of nitrogens with zero attached hydrogens (tertiary/aromatic N) is 1. The van der Waals surface area contributed by atoms with E-state index >= 15 is 0 Å². The monoisotopic (exact) mass is 447 g/mol. The molecule has 0 spiro atoms. The van der Waals surface area contributed by atoms with E-state index in [0.717, 1.165) is 5.56 Å². The van der Waals surface area contributed by atoms with E-state index in [1.807, 2.05) is 0 Å². The van der Waals surface area contributed by atoms with Crippen molar-refractivity contribution in [2.24, 2.45) is 5.73 Å². The summed E-state index contributed by atoms with van der Waals surface area (Å²) in [6, 6.07) is 5.71. The smallest absolute Gasteiger partial charge is 0.326 e. The molecule has 2 rings (SSSR count). The van der Waals surface area contributed by atoms with Gasteiger partial charge in [-0.25, -0.2) is 4.79 Å². The molecule has 4 amide bonds. The first-order valence-corrected chi connectivity index (χ1v) is 10.5. The Kier molecular flexibility index (Phi) is 8.59. The molecule has 1 heterocycles. The summed E-state index contributed by atoms with van der Waals surface area (Å²) < 4.78 is 7.25. The quantitative estimate of drug-likeness (QED) is 0.372. The van der Waals surface area contributed by atoms with Crippen LogP contribution in [0.2, 0.25) is 0 Å². The number of benzene rings is 1. The molecule has 1 aliphatic heterocycles. The summed E-state index contributed by atoms with van der Waals surface area (Å²) in [6.45, 7) is 0.325. The van der Waals surface area contributed by atoms with Crippen LogP contribution in [0.25, 0.3) is 0 Å². The van der Waals surface area contributed by atoms with Crippen LogP contribution in [0.5, 0.6) is 0 Å². The molecule has 0 bridgehead atoms. The van der Waals surface area contributed by atoms with Gasteiger partial charge < -0.3 is 26.4 Å². The van der Waals surface area contributed by atoms with E-state index in [9.17, 15) is 29.1 Å². The van der Waals surface area contributed by atoms with Crippen molar-refractivity contribution in [1.29, 1.82) is 0 Å². The zero-order chi connectivity index (χ0) is 24.4. The number of primary amides is 1. The number of carbonyl (C=O) groups excluding carboxylic acids is 4. The Labute approximate surface area is 187 Å². The van der Waals surface area contributed by atoms with Crippen LogP contribution >= 0.6 is 0 Å². The second-order valence-corrected chi connectivity index (χ2v) is 7.65. The van der Waals surface area contributed by atoms with E-state index in [4.69, 9.17) is 7.10 Å². The van der Waals surface area contributed by atoms with E-state index in [1.54, 1.807) is 30.3 Å². The van der Waals surface area contributed by atoms with Gasteiger partial charge >= 0.3 is 5.97 Å². The maximum Gasteiger partial charge on any atom is 0.326 e. The zero-order valence-corrected chi connectivity index (χ0v) is 17.8. The van der Waals surface area contributed by atoms with Crippen molar-refractivity contribution in [2.75, 3.05) is 6.54 Å². The summed E-state index contributed by atoms with van der Waals surface area (Å²) >= 11 is 0. The fourth-order valence-electron chi connectivity index (χ4n) is 3.62. The number of hydrogen-bond donors (Lipinski definition) is 4. The Morgan fingerprint density at radius 3 is 2.53 bits per heavy atom. The molecule has 10 nitrogen and oxygen atoms in total. The van der Waals surface area contributed by atoms with Crippen molar-refractivity contribution in [2.45, 2.75) is 63.6 Å². The van der Waals surface area contributed by atoms with Crippen molar-refractivity contribution in [3.8, 4) is 0 Å². The number of nitrogens with two attached hydrogens (primary N) is 1. The number of rotatable bonds is 11. The molecule has 1 aliphatic rings. The van der Waals surface area contributed by atoms with E-state index in [2.05, 4.69) is 10.6 Å². The van der Waals surface area contributed by atoms with Crippen molar-refractivity contribution in [3.05, 3.63) is 35.9 Å². The molecule has 1 saturated heterocycles. The summed E-state index contributed by atoms with van der Waals surface area (Å²) in [7, 11) is 0. The van der Waals surface area contributed by atoms with Crippen molar-refractivity contribution < 1.29 is 30.4 Å². The van der Waals surface area contributed by atoms with Crippen molar-refractivity contribution in [3.63, 3.8) is 0 Å². The number of likely N-dealkylation sites (tertiary alicyclic amines) is 1. The predicted molar refractivity (Wildman–Crippen MR) is 115 cm³/mol. The minimum absolute atomic E-state index is 0.0118. The second kappa shape index (κ2) is 11.8. The van der Waals surface area contributed by atoms with Crippen molar-refractivity contribution in [1.82, 2.24) is 15.5 Å². The minimum Gasteiger partial charge on any atom is -0.480 e. The zero-order valence-electron chi connectivity index (χ0n) is 18.8. The molecule has 0 saturated carbocycles. The molecule has 1 aromatic carbocycles. The molecule has 0 unspecified atom stereocenters. The first-order valence-electron chi connectivity index (χ1n) is 11.2. The van der Waals surface area contributed by atoms with E-state index < -0.39 is 41.8 Å². The summed E-state index contributed by atoms with van der Waals surface area (Å²) in [5.74, 6) is -3.53. The second-order valence-electron chi connectivity index (χ2n) is 7.65. The van der Waals surface area contributed by atoms with Gasteiger partial charge in [0.15, 0.2) is 0 Å². The standard InChI is InChI=1S/C22H30N4O6/c1-2-19(28)26-12-6-9-17(26)21(30)25-16(13-14-7-4-3-5-8-14)20(29)24-15(22(31)32)10-11-18(23)27/h3-5,7-8,15-17H,2,6,9-13H2,1H3,(H2,23,27)(H,24,29)(H,25,30)(H,31,32)/t15-,16-,17-/m0/s1/i1D. The van der Waals surface area contributed by atoms with Gasteiger partial charge in [-0.15, -0.1) is 0 Å². The number of aliphatic carboxylic acids is 1. The number of amides is 4. The Bertz CT molecular complexity index is 866. The van der Waals surface area contributed by atoms with Crippen LogP contribution in [0.3, 0.4) is 0 Å². The Balaban J connectivity index is 2.16. The highest BCUT2D eigenvalue weighted by atomic mass is 16.4. The van der Waals surface area contributed by atoms with Gasteiger partial charge in [0.2, 0.25) is 23.6 Å². The number of hydrogen-bond acceptors (Lipinski definition) is 5. The highest BCUT2D eigenvalue weighted by Gasteiger charge is 2.35. The minimum atomic E-state index is -1.35. The molecule has 5 N–H and O–H groups in total. The maximum absolute atomic E-state index is 13.0. The highest BCUT2D eigenvalue weighted by molar-refractivity contribution is 5.94. The summed E-state index contributed by atoms with van der Waals surface area (Å²) in [6.07, 6.45) is 0.783. The normalized spacial score (nSPS) is 17.7.